The van der Waals surface area contributed by atoms with Crippen LogP contribution in [0.25, 0.3) is 10.9 Å². The Hall–Kier alpha value is -2.79. The van der Waals surface area contributed by atoms with Gasteiger partial charge in [-0.15, -0.1) is 0 Å². The molecular formula is C18H14ClNO4. The minimum absolute atomic E-state index is 0.0343. The fraction of sp³-hybridized carbons (Fsp3) is 0.111. The summed E-state index contributed by atoms with van der Waals surface area (Å²) in [7, 11) is 0. The molecular weight excluding hydrogens is 330 g/mol. The highest BCUT2D eigenvalue weighted by Crippen LogP contribution is 2.25. The largest absolute Gasteiger partial charge is 0.462 e. The molecule has 0 aliphatic rings. The predicted molar refractivity (Wildman–Crippen MR) is 92.1 cm³/mol. The number of nitrogens with one attached hydrogen (secondary N) is 1. The molecule has 122 valence electrons. The zero-order valence-corrected chi connectivity index (χ0v) is 13.6. The molecule has 5 nitrogen and oxygen atoms in total. The Morgan fingerprint density at radius 2 is 1.83 bits per heavy atom. The van der Waals surface area contributed by atoms with Crippen LogP contribution in [-0.4, -0.2) is 17.6 Å². The molecule has 1 N–H and O–H groups in total. The van der Waals surface area contributed by atoms with Crippen LogP contribution in [0.1, 0.15) is 17.3 Å². The lowest BCUT2D eigenvalue weighted by Crippen LogP contribution is -2.18. The van der Waals surface area contributed by atoms with E-state index in [0.29, 0.717) is 27.4 Å². The lowest BCUT2D eigenvalue weighted by Gasteiger charge is -2.08. The van der Waals surface area contributed by atoms with Crippen molar-refractivity contribution in [2.24, 2.45) is 0 Å². The number of H-pyrrole nitrogens is 1. The van der Waals surface area contributed by atoms with E-state index < -0.39 is 11.4 Å². The molecule has 6 heteroatoms. The second-order valence-corrected chi connectivity index (χ2v) is 5.45. The van der Waals surface area contributed by atoms with Gasteiger partial charge in [0.05, 0.1) is 12.0 Å². The topological polar surface area (TPSA) is 68.4 Å². The van der Waals surface area contributed by atoms with Crippen molar-refractivity contribution >= 4 is 28.5 Å². The molecule has 0 atom stereocenters. The molecule has 0 fully saturated rings. The Labute approximate surface area is 142 Å². The number of rotatable bonds is 4. The fourth-order valence-electron chi connectivity index (χ4n) is 2.26. The van der Waals surface area contributed by atoms with Gasteiger partial charge in [-0.25, -0.2) is 4.79 Å². The Morgan fingerprint density at radius 1 is 1.12 bits per heavy atom. The molecule has 0 aliphatic heterocycles. The standard InChI is InChI=1S/C18H14ClNO4/c1-2-23-18(22)15-10-20-16-8-7-13(9-14(16)17(15)21)24-12-5-3-11(19)4-6-12/h3-10H,2H2,1H3,(H,20,21). The Bertz CT molecular complexity index is 947. The maximum absolute atomic E-state index is 12.5. The molecule has 0 aliphatic carbocycles. The first-order chi connectivity index (χ1) is 11.6. The number of carbonyl (C=O) groups excluding carboxylic acids is 1. The number of benzene rings is 2. The van der Waals surface area contributed by atoms with Gasteiger partial charge in [-0.1, -0.05) is 11.6 Å². The minimum Gasteiger partial charge on any atom is -0.462 e. The highest BCUT2D eigenvalue weighted by Gasteiger charge is 2.14. The summed E-state index contributed by atoms with van der Waals surface area (Å²) in [5, 5.41) is 0.961. The molecule has 2 aromatic carbocycles. The molecule has 0 saturated heterocycles. The molecule has 0 radical (unpaired) electrons. The van der Waals surface area contributed by atoms with E-state index in [9.17, 15) is 9.59 Å². The third-order valence-electron chi connectivity index (χ3n) is 3.40. The molecule has 0 saturated carbocycles. The van der Waals surface area contributed by atoms with Gasteiger partial charge in [-0.2, -0.15) is 0 Å². The maximum atomic E-state index is 12.5. The number of halogens is 1. The van der Waals surface area contributed by atoms with Crippen molar-refractivity contribution in [3.8, 4) is 11.5 Å². The summed E-state index contributed by atoms with van der Waals surface area (Å²) >= 11 is 5.84. The molecule has 0 unspecified atom stereocenters. The smallest absolute Gasteiger partial charge is 0.343 e. The van der Waals surface area contributed by atoms with Crippen LogP contribution in [-0.2, 0) is 4.74 Å². The second-order valence-electron chi connectivity index (χ2n) is 5.02. The van der Waals surface area contributed by atoms with Crippen molar-refractivity contribution in [3.63, 3.8) is 0 Å². The Balaban J connectivity index is 1.99. The lowest BCUT2D eigenvalue weighted by molar-refractivity contribution is 0.0524. The number of aromatic amines is 1. The van der Waals surface area contributed by atoms with Crippen molar-refractivity contribution in [2.75, 3.05) is 6.61 Å². The van der Waals surface area contributed by atoms with E-state index in [1.54, 1.807) is 49.4 Å². The zero-order valence-electron chi connectivity index (χ0n) is 12.8. The van der Waals surface area contributed by atoms with Crippen LogP contribution in [0.4, 0.5) is 0 Å². The van der Waals surface area contributed by atoms with Gasteiger partial charge in [-0.3, -0.25) is 4.79 Å². The predicted octanol–water partition coefficient (Wildman–Crippen LogP) is 4.15. The van der Waals surface area contributed by atoms with Gasteiger partial charge in [0.2, 0.25) is 5.43 Å². The fourth-order valence-corrected chi connectivity index (χ4v) is 2.39. The van der Waals surface area contributed by atoms with Gasteiger partial charge in [0, 0.05) is 16.7 Å². The third-order valence-corrected chi connectivity index (χ3v) is 3.65. The zero-order chi connectivity index (χ0) is 17.1. The number of esters is 1. The SMILES string of the molecule is CCOC(=O)c1c[nH]c2ccc(Oc3ccc(Cl)cc3)cc2c1=O. The summed E-state index contributed by atoms with van der Waals surface area (Å²) < 4.78 is 10.6. The number of aromatic nitrogens is 1. The first-order valence-corrected chi connectivity index (χ1v) is 7.72. The summed E-state index contributed by atoms with van der Waals surface area (Å²) in [4.78, 5) is 27.3. The number of hydrogen-bond donors (Lipinski definition) is 1. The monoisotopic (exact) mass is 343 g/mol. The van der Waals surface area contributed by atoms with Gasteiger partial charge in [-0.05, 0) is 49.4 Å². The molecule has 1 heterocycles. The van der Waals surface area contributed by atoms with Crippen molar-refractivity contribution < 1.29 is 14.3 Å². The quantitative estimate of drug-likeness (QED) is 0.722. The summed E-state index contributed by atoms with van der Waals surface area (Å²) in [6.45, 7) is 1.89. The first kappa shape index (κ1) is 16.1. The van der Waals surface area contributed by atoms with Crippen LogP contribution in [0.3, 0.4) is 0 Å². The van der Waals surface area contributed by atoms with Crippen LogP contribution in [0.15, 0.2) is 53.5 Å². The van der Waals surface area contributed by atoms with E-state index in [1.807, 2.05) is 0 Å². The van der Waals surface area contributed by atoms with Gasteiger partial charge in [0.25, 0.3) is 0 Å². The molecule has 3 aromatic rings. The van der Waals surface area contributed by atoms with E-state index in [0.717, 1.165) is 0 Å². The number of carbonyl (C=O) groups is 1. The first-order valence-electron chi connectivity index (χ1n) is 7.34. The lowest BCUT2D eigenvalue weighted by atomic mass is 10.1. The summed E-state index contributed by atoms with van der Waals surface area (Å²) in [6.07, 6.45) is 1.36. The van der Waals surface area contributed by atoms with E-state index in [2.05, 4.69) is 4.98 Å². The van der Waals surface area contributed by atoms with E-state index in [1.165, 1.54) is 6.20 Å². The van der Waals surface area contributed by atoms with Crippen molar-refractivity contribution in [2.45, 2.75) is 6.92 Å². The summed E-state index contributed by atoms with van der Waals surface area (Å²) in [5.41, 5.74) is 0.174. The van der Waals surface area contributed by atoms with Gasteiger partial charge in [0.1, 0.15) is 17.1 Å². The third kappa shape index (κ3) is 3.26. The molecule has 3 rings (SSSR count). The average Bonchev–Trinajstić information content (AvgIpc) is 2.58. The van der Waals surface area contributed by atoms with Crippen LogP contribution >= 0.6 is 11.6 Å². The van der Waals surface area contributed by atoms with Crippen LogP contribution in [0.2, 0.25) is 5.02 Å². The van der Waals surface area contributed by atoms with Gasteiger partial charge in [0.15, 0.2) is 0 Å². The number of hydrogen-bond acceptors (Lipinski definition) is 4. The highest BCUT2D eigenvalue weighted by atomic mass is 35.5. The molecule has 24 heavy (non-hydrogen) atoms. The minimum atomic E-state index is -0.648. The molecule has 0 bridgehead atoms. The Kier molecular flexibility index (Phi) is 4.53. The van der Waals surface area contributed by atoms with Crippen molar-refractivity contribution in [1.82, 2.24) is 4.98 Å². The van der Waals surface area contributed by atoms with Gasteiger partial charge >= 0.3 is 5.97 Å². The number of pyridine rings is 1. The normalized spacial score (nSPS) is 10.6. The Morgan fingerprint density at radius 3 is 2.54 bits per heavy atom. The molecule has 0 spiro atoms. The van der Waals surface area contributed by atoms with Gasteiger partial charge < -0.3 is 14.5 Å². The van der Waals surface area contributed by atoms with Crippen molar-refractivity contribution in [1.29, 1.82) is 0 Å². The molecule has 1 aromatic heterocycles. The van der Waals surface area contributed by atoms with E-state index in [4.69, 9.17) is 21.1 Å². The van der Waals surface area contributed by atoms with E-state index >= 15 is 0 Å². The van der Waals surface area contributed by atoms with Crippen molar-refractivity contribution in [3.05, 3.63) is 69.5 Å². The number of fused-ring (bicyclic) bond motifs is 1. The average molecular weight is 344 g/mol. The van der Waals surface area contributed by atoms with Crippen LogP contribution in [0, 0.1) is 0 Å². The number of ether oxygens (including phenoxy) is 2. The van der Waals surface area contributed by atoms with Crippen LogP contribution < -0.4 is 10.2 Å². The highest BCUT2D eigenvalue weighted by molar-refractivity contribution is 6.30. The maximum Gasteiger partial charge on any atom is 0.343 e. The second kappa shape index (κ2) is 6.76. The van der Waals surface area contributed by atoms with Crippen LogP contribution in [0.5, 0.6) is 11.5 Å². The summed E-state index contributed by atoms with van der Waals surface area (Å²) in [5.74, 6) is 0.428. The molecule has 0 amide bonds. The summed E-state index contributed by atoms with van der Waals surface area (Å²) in [6, 6.07) is 11.9. The van der Waals surface area contributed by atoms with E-state index in [-0.39, 0.29) is 12.2 Å².